The zero-order chi connectivity index (χ0) is 16.2. The Hall–Kier alpha value is -2.21. The van der Waals surface area contributed by atoms with Crippen molar-refractivity contribution in [2.45, 2.75) is 31.8 Å². The maximum atomic E-state index is 13.3. The number of carboxylic acids is 1. The number of halogens is 1. The Bertz CT molecular complexity index is 686. The molecule has 1 saturated heterocycles. The standard InChI is InChI=1S/C17H20FN3O2/c18-15-5-1-3-13(9-15)10-20-7-2-4-14(11-20)16-6-8-21(19-16)12-17(22)23/h1,3,5-6,8-9,14H,2,4,7,10-12H2,(H,22,23)/t14-/m0/s1. The van der Waals surface area contributed by atoms with Crippen LogP contribution in [0.5, 0.6) is 0 Å². The molecule has 0 amide bonds. The average Bonchev–Trinajstić information content (AvgIpc) is 2.95. The third-order valence-electron chi connectivity index (χ3n) is 4.18. The maximum absolute atomic E-state index is 13.3. The third kappa shape index (κ3) is 4.16. The van der Waals surface area contributed by atoms with Crippen LogP contribution in [0.15, 0.2) is 36.5 Å². The van der Waals surface area contributed by atoms with Crippen molar-refractivity contribution in [3.8, 4) is 0 Å². The number of likely N-dealkylation sites (tertiary alicyclic amines) is 1. The fourth-order valence-corrected chi connectivity index (χ4v) is 3.16. The summed E-state index contributed by atoms with van der Waals surface area (Å²) in [5.74, 6) is -0.799. The van der Waals surface area contributed by atoms with Crippen LogP contribution in [0.2, 0.25) is 0 Å². The molecule has 1 aromatic heterocycles. The molecule has 1 N–H and O–H groups in total. The second-order valence-corrected chi connectivity index (χ2v) is 6.04. The Morgan fingerprint density at radius 3 is 3.04 bits per heavy atom. The van der Waals surface area contributed by atoms with Crippen molar-refractivity contribution < 1.29 is 14.3 Å². The summed E-state index contributed by atoms with van der Waals surface area (Å²) in [5.41, 5.74) is 1.91. The maximum Gasteiger partial charge on any atom is 0.325 e. The fourth-order valence-electron chi connectivity index (χ4n) is 3.16. The van der Waals surface area contributed by atoms with E-state index in [4.69, 9.17) is 5.11 Å². The van der Waals surface area contributed by atoms with Gasteiger partial charge >= 0.3 is 5.97 Å². The third-order valence-corrected chi connectivity index (χ3v) is 4.18. The largest absolute Gasteiger partial charge is 0.480 e. The molecule has 1 aliphatic rings. The number of hydrogen-bond acceptors (Lipinski definition) is 3. The molecule has 0 bridgehead atoms. The van der Waals surface area contributed by atoms with Gasteiger partial charge in [-0.3, -0.25) is 14.4 Å². The molecule has 1 fully saturated rings. The van der Waals surface area contributed by atoms with E-state index in [2.05, 4.69) is 10.00 Å². The first kappa shape index (κ1) is 15.7. The minimum atomic E-state index is -0.893. The summed E-state index contributed by atoms with van der Waals surface area (Å²) < 4.78 is 14.8. The van der Waals surface area contributed by atoms with Gasteiger partial charge in [0.1, 0.15) is 12.4 Å². The van der Waals surface area contributed by atoms with Crippen molar-refractivity contribution >= 4 is 5.97 Å². The van der Waals surface area contributed by atoms with Crippen molar-refractivity contribution in [1.29, 1.82) is 0 Å². The average molecular weight is 317 g/mol. The van der Waals surface area contributed by atoms with E-state index >= 15 is 0 Å². The number of carboxylic acid groups (broad SMARTS) is 1. The number of aliphatic carboxylic acids is 1. The second kappa shape index (κ2) is 6.91. The Balaban J connectivity index is 1.63. The first-order valence-electron chi connectivity index (χ1n) is 7.82. The van der Waals surface area contributed by atoms with Gasteiger partial charge in [0.15, 0.2) is 0 Å². The molecule has 1 atom stereocenters. The van der Waals surface area contributed by atoms with E-state index in [-0.39, 0.29) is 12.4 Å². The Morgan fingerprint density at radius 1 is 1.39 bits per heavy atom. The van der Waals surface area contributed by atoms with E-state index in [9.17, 15) is 9.18 Å². The Morgan fingerprint density at radius 2 is 2.26 bits per heavy atom. The summed E-state index contributed by atoms with van der Waals surface area (Å²) in [6, 6.07) is 8.61. The van der Waals surface area contributed by atoms with Gasteiger partial charge < -0.3 is 5.11 Å². The summed E-state index contributed by atoms with van der Waals surface area (Å²) in [6.45, 7) is 2.47. The van der Waals surface area contributed by atoms with Gasteiger partial charge in [0.2, 0.25) is 0 Å². The van der Waals surface area contributed by atoms with Crippen LogP contribution < -0.4 is 0 Å². The van der Waals surface area contributed by atoms with E-state index in [0.29, 0.717) is 5.92 Å². The van der Waals surface area contributed by atoms with Crippen LogP contribution in [0.4, 0.5) is 4.39 Å². The lowest BCUT2D eigenvalue weighted by molar-refractivity contribution is -0.137. The molecule has 23 heavy (non-hydrogen) atoms. The number of rotatable bonds is 5. The molecule has 5 nitrogen and oxygen atoms in total. The van der Waals surface area contributed by atoms with Gasteiger partial charge in [-0.05, 0) is 43.1 Å². The molecule has 3 rings (SSSR count). The highest BCUT2D eigenvalue weighted by Crippen LogP contribution is 2.26. The highest BCUT2D eigenvalue weighted by molar-refractivity contribution is 5.66. The molecule has 1 aromatic carbocycles. The smallest absolute Gasteiger partial charge is 0.325 e. The van der Waals surface area contributed by atoms with Gasteiger partial charge in [-0.15, -0.1) is 0 Å². The molecule has 0 aliphatic carbocycles. The molecule has 0 unspecified atom stereocenters. The number of aromatic nitrogens is 2. The molecule has 0 spiro atoms. The molecule has 0 saturated carbocycles. The zero-order valence-electron chi connectivity index (χ0n) is 12.9. The molecular weight excluding hydrogens is 297 g/mol. The summed E-state index contributed by atoms with van der Waals surface area (Å²) in [7, 11) is 0. The number of nitrogens with zero attached hydrogens (tertiary/aromatic N) is 3. The van der Waals surface area contributed by atoms with Crippen LogP contribution in [0.25, 0.3) is 0 Å². The van der Waals surface area contributed by atoms with Crippen LogP contribution in [0.1, 0.15) is 30.0 Å². The molecule has 2 heterocycles. The van der Waals surface area contributed by atoms with Crippen LogP contribution >= 0.6 is 0 Å². The van der Waals surface area contributed by atoms with Crippen LogP contribution in [0, 0.1) is 5.82 Å². The minimum absolute atomic E-state index is 0.111. The Kier molecular flexibility index (Phi) is 4.71. The van der Waals surface area contributed by atoms with Gasteiger partial charge in [-0.25, -0.2) is 4.39 Å². The normalized spacial score (nSPS) is 18.9. The first-order valence-corrected chi connectivity index (χ1v) is 7.82. The molecule has 6 heteroatoms. The quantitative estimate of drug-likeness (QED) is 0.920. The zero-order valence-corrected chi connectivity index (χ0v) is 12.9. The monoisotopic (exact) mass is 317 g/mol. The van der Waals surface area contributed by atoms with Crippen molar-refractivity contribution in [3.05, 3.63) is 53.6 Å². The summed E-state index contributed by atoms with van der Waals surface area (Å²) >= 11 is 0. The lowest BCUT2D eigenvalue weighted by Gasteiger charge is -2.32. The molecule has 2 aromatic rings. The van der Waals surface area contributed by atoms with E-state index in [0.717, 1.165) is 43.7 Å². The van der Waals surface area contributed by atoms with Crippen molar-refractivity contribution in [1.82, 2.24) is 14.7 Å². The van der Waals surface area contributed by atoms with Crippen LogP contribution in [-0.2, 0) is 17.9 Å². The van der Waals surface area contributed by atoms with E-state index in [1.807, 2.05) is 12.1 Å². The molecule has 0 radical (unpaired) electrons. The van der Waals surface area contributed by atoms with Gasteiger partial charge in [0.25, 0.3) is 0 Å². The van der Waals surface area contributed by atoms with Gasteiger partial charge in [0, 0.05) is 25.2 Å². The predicted molar refractivity (Wildman–Crippen MR) is 83.5 cm³/mol. The highest BCUT2D eigenvalue weighted by Gasteiger charge is 2.23. The number of carbonyl (C=O) groups is 1. The molecule has 1 aliphatic heterocycles. The van der Waals surface area contributed by atoms with Gasteiger partial charge in [-0.1, -0.05) is 12.1 Å². The summed E-state index contributed by atoms with van der Waals surface area (Å²) in [4.78, 5) is 13.0. The lowest BCUT2D eigenvalue weighted by atomic mass is 9.94. The van der Waals surface area contributed by atoms with Crippen molar-refractivity contribution in [2.75, 3.05) is 13.1 Å². The van der Waals surface area contributed by atoms with E-state index in [1.54, 1.807) is 18.3 Å². The first-order chi connectivity index (χ1) is 11.1. The Labute approximate surface area is 134 Å². The number of piperidine rings is 1. The molecular formula is C17H20FN3O2. The second-order valence-electron chi connectivity index (χ2n) is 6.04. The predicted octanol–water partition coefficient (Wildman–Crippen LogP) is 2.49. The van der Waals surface area contributed by atoms with Gasteiger partial charge in [0.05, 0.1) is 5.69 Å². The van der Waals surface area contributed by atoms with Crippen molar-refractivity contribution in [3.63, 3.8) is 0 Å². The summed E-state index contributed by atoms with van der Waals surface area (Å²) in [5, 5.41) is 13.2. The lowest BCUT2D eigenvalue weighted by Crippen LogP contribution is -2.34. The van der Waals surface area contributed by atoms with Crippen LogP contribution in [0.3, 0.4) is 0 Å². The molecule has 122 valence electrons. The topological polar surface area (TPSA) is 58.4 Å². The van der Waals surface area contributed by atoms with E-state index < -0.39 is 5.97 Å². The van der Waals surface area contributed by atoms with Gasteiger partial charge in [-0.2, -0.15) is 5.10 Å². The number of hydrogen-bond donors (Lipinski definition) is 1. The highest BCUT2D eigenvalue weighted by atomic mass is 19.1. The minimum Gasteiger partial charge on any atom is -0.480 e. The SMILES string of the molecule is O=C(O)Cn1ccc([C@H]2CCCN(Cc3cccc(F)c3)C2)n1. The number of benzene rings is 1. The van der Waals surface area contributed by atoms with Crippen LogP contribution in [-0.4, -0.2) is 38.8 Å². The fraction of sp³-hybridized carbons (Fsp3) is 0.412. The van der Waals surface area contributed by atoms with E-state index in [1.165, 1.54) is 10.7 Å². The van der Waals surface area contributed by atoms with Crippen molar-refractivity contribution in [2.24, 2.45) is 0 Å². The summed E-state index contributed by atoms with van der Waals surface area (Å²) in [6.07, 6.45) is 3.82.